The van der Waals surface area contributed by atoms with Crippen molar-refractivity contribution < 1.29 is 14.3 Å². The Labute approximate surface area is 75.2 Å². The van der Waals surface area contributed by atoms with Gasteiger partial charge in [0.05, 0.1) is 6.54 Å². The van der Waals surface area contributed by atoms with Gasteiger partial charge in [0.2, 0.25) is 0 Å². The number of thioether (sulfide) groups is 1. The van der Waals surface area contributed by atoms with Gasteiger partial charge in [0, 0.05) is 19.4 Å². The molecule has 0 aromatic rings. The van der Waals surface area contributed by atoms with Crippen LogP contribution in [0.2, 0.25) is 0 Å². The molecule has 0 N–H and O–H groups in total. The highest BCUT2D eigenvalue weighted by molar-refractivity contribution is 8.13. The lowest BCUT2D eigenvalue weighted by Gasteiger charge is -2.12. The largest absolute Gasteiger partial charge is 0.377 e. The minimum Gasteiger partial charge on any atom is -0.377 e. The molecular formula is C7H11NO3S. The van der Waals surface area contributed by atoms with Crippen LogP contribution in [0, 0.1) is 0 Å². The number of carbonyl (C=O) groups excluding carboxylic acids is 2. The summed E-state index contributed by atoms with van der Waals surface area (Å²) in [6.07, 6.45) is 0. The first-order valence-electron chi connectivity index (χ1n) is 3.66. The Bertz CT molecular complexity index is 195. The number of Topliss-reactive ketones (excluding diaryl/α,β-unsaturated/α-hetero) is 1. The molecule has 68 valence electrons. The lowest BCUT2D eigenvalue weighted by atomic mass is 10.4. The van der Waals surface area contributed by atoms with Crippen LogP contribution in [0.5, 0.6) is 0 Å². The van der Waals surface area contributed by atoms with Gasteiger partial charge < -0.3 is 9.64 Å². The van der Waals surface area contributed by atoms with Crippen LogP contribution in [0.1, 0.15) is 0 Å². The molecule has 1 aliphatic rings. The SMILES string of the molecule is COCC(=O)CN1CCSC1=O. The summed E-state index contributed by atoms with van der Waals surface area (Å²) >= 11 is 1.26. The predicted molar refractivity (Wildman–Crippen MR) is 46.3 cm³/mol. The highest BCUT2D eigenvalue weighted by Gasteiger charge is 2.22. The Morgan fingerprint density at radius 2 is 2.50 bits per heavy atom. The number of rotatable bonds is 4. The van der Waals surface area contributed by atoms with E-state index in [2.05, 4.69) is 4.74 Å². The Kier molecular flexibility index (Phi) is 3.55. The number of ketones is 1. The van der Waals surface area contributed by atoms with E-state index in [1.54, 1.807) is 4.90 Å². The van der Waals surface area contributed by atoms with Crippen molar-refractivity contribution in [2.24, 2.45) is 0 Å². The van der Waals surface area contributed by atoms with Crippen LogP contribution in [-0.4, -0.2) is 48.5 Å². The van der Waals surface area contributed by atoms with E-state index in [0.29, 0.717) is 6.54 Å². The average Bonchev–Trinajstić information content (AvgIpc) is 2.37. The van der Waals surface area contributed by atoms with Gasteiger partial charge in [-0.15, -0.1) is 0 Å². The van der Waals surface area contributed by atoms with Crippen LogP contribution in [0.3, 0.4) is 0 Å². The summed E-state index contributed by atoms with van der Waals surface area (Å²) in [5.41, 5.74) is 0. The highest BCUT2D eigenvalue weighted by atomic mass is 32.2. The number of nitrogens with zero attached hydrogens (tertiary/aromatic N) is 1. The van der Waals surface area contributed by atoms with Gasteiger partial charge in [0.25, 0.3) is 5.24 Å². The molecule has 0 radical (unpaired) electrons. The third kappa shape index (κ3) is 2.49. The summed E-state index contributed by atoms with van der Waals surface area (Å²) in [5.74, 6) is 0.743. The monoisotopic (exact) mass is 189 g/mol. The number of ether oxygens (including phenoxy) is 1. The molecule has 12 heavy (non-hydrogen) atoms. The van der Waals surface area contributed by atoms with Gasteiger partial charge in [0.15, 0.2) is 5.78 Å². The number of amides is 1. The van der Waals surface area contributed by atoms with Crippen molar-refractivity contribution in [1.29, 1.82) is 0 Å². The van der Waals surface area contributed by atoms with E-state index < -0.39 is 0 Å². The average molecular weight is 189 g/mol. The normalized spacial score (nSPS) is 17.1. The van der Waals surface area contributed by atoms with Crippen molar-refractivity contribution >= 4 is 22.8 Å². The Morgan fingerprint density at radius 3 is 3.00 bits per heavy atom. The van der Waals surface area contributed by atoms with E-state index in [9.17, 15) is 9.59 Å². The standard InChI is InChI=1S/C7H11NO3S/c1-11-5-6(9)4-8-2-3-12-7(8)10/h2-5H2,1H3. The van der Waals surface area contributed by atoms with E-state index in [1.165, 1.54) is 18.9 Å². The Balaban J connectivity index is 2.30. The van der Waals surface area contributed by atoms with Crippen molar-refractivity contribution in [3.63, 3.8) is 0 Å². The lowest BCUT2D eigenvalue weighted by molar-refractivity contribution is -0.123. The number of methoxy groups -OCH3 is 1. The molecule has 1 rings (SSSR count). The van der Waals surface area contributed by atoms with Gasteiger partial charge in [-0.05, 0) is 0 Å². The van der Waals surface area contributed by atoms with Gasteiger partial charge in [-0.1, -0.05) is 11.8 Å². The molecule has 0 aliphatic carbocycles. The molecule has 1 heterocycles. The Morgan fingerprint density at radius 1 is 1.75 bits per heavy atom. The molecule has 0 aromatic heterocycles. The maximum absolute atomic E-state index is 11.0. The van der Waals surface area contributed by atoms with Crippen LogP contribution in [-0.2, 0) is 9.53 Å². The zero-order valence-electron chi connectivity index (χ0n) is 6.91. The molecule has 1 amide bonds. The molecule has 5 heteroatoms. The first kappa shape index (κ1) is 9.54. The first-order chi connectivity index (χ1) is 5.74. The van der Waals surface area contributed by atoms with Crippen LogP contribution < -0.4 is 0 Å². The summed E-state index contributed by atoms with van der Waals surface area (Å²) in [4.78, 5) is 23.6. The zero-order chi connectivity index (χ0) is 8.97. The fourth-order valence-corrected chi connectivity index (χ4v) is 1.81. The minimum atomic E-state index is -0.0478. The predicted octanol–water partition coefficient (Wildman–Crippen LogP) is 0.371. The van der Waals surface area contributed by atoms with Crippen molar-refractivity contribution in [2.45, 2.75) is 0 Å². The molecule has 0 aromatic carbocycles. The topological polar surface area (TPSA) is 46.6 Å². The van der Waals surface area contributed by atoms with Crippen LogP contribution >= 0.6 is 11.8 Å². The van der Waals surface area contributed by atoms with Crippen molar-refractivity contribution in [2.75, 3.05) is 32.6 Å². The molecule has 4 nitrogen and oxygen atoms in total. The number of hydrogen-bond donors (Lipinski definition) is 0. The third-order valence-electron chi connectivity index (χ3n) is 1.52. The van der Waals surface area contributed by atoms with Crippen molar-refractivity contribution in [3.05, 3.63) is 0 Å². The van der Waals surface area contributed by atoms with Gasteiger partial charge in [0.1, 0.15) is 6.61 Å². The molecular weight excluding hydrogens is 178 g/mol. The first-order valence-corrected chi connectivity index (χ1v) is 4.65. The Hall–Kier alpha value is -0.550. The maximum atomic E-state index is 11.0. The molecule has 0 spiro atoms. The van der Waals surface area contributed by atoms with Crippen LogP contribution in [0.15, 0.2) is 0 Å². The van der Waals surface area contributed by atoms with Crippen molar-refractivity contribution in [1.82, 2.24) is 4.90 Å². The molecule has 0 saturated carbocycles. The molecule has 0 atom stereocenters. The van der Waals surface area contributed by atoms with Crippen LogP contribution in [0.4, 0.5) is 4.79 Å². The van der Waals surface area contributed by atoms with Gasteiger partial charge in [-0.25, -0.2) is 0 Å². The fourth-order valence-electron chi connectivity index (χ4n) is 0.989. The van der Waals surface area contributed by atoms with Crippen LogP contribution in [0.25, 0.3) is 0 Å². The summed E-state index contributed by atoms with van der Waals surface area (Å²) in [6.45, 7) is 0.965. The van der Waals surface area contributed by atoms with E-state index in [4.69, 9.17) is 0 Å². The maximum Gasteiger partial charge on any atom is 0.282 e. The summed E-state index contributed by atoms with van der Waals surface area (Å²) in [5, 5.41) is -0.000506. The van der Waals surface area contributed by atoms with Gasteiger partial charge in [-0.2, -0.15) is 0 Å². The van der Waals surface area contributed by atoms with Gasteiger partial charge in [-0.3, -0.25) is 9.59 Å². The summed E-state index contributed by atoms with van der Waals surface area (Å²) in [7, 11) is 1.47. The molecule has 1 saturated heterocycles. The molecule has 0 unspecified atom stereocenters. The van der Waals surface area contributed by atoms with Crippen molar-refractivity contribution in [3.8, 4) is 0 Å². The molecule has 0 bridgehead atoms. The second kappa shape index (κ2) is 4.47. The zero-order valence-corrected chi connectivity index (χ0v) is 7.73. The fraction of sp³-hybridized carbons (Fsp3) is 0.714. The molecule has 1 aliphatic heterocycles. The summed E-state index contributed by atoms with van der Waals surface area (Å²) in [6, 6.07) is 0. The smallest absolute Gasteiger partial charge is 0.282 e. The van der Waals surface area contributed by atoms with E-state index >= 15 is 0 Å². The summed E-state index contributed by atoms with van der Waals surface area (Å²) < 4.78 is 4.65. The number of carbonyl (C=O) groups is 2. The van der Waals surface area contributed by atoms with E-state index in [0.717, 1.165) is 5.75 Å². The number of hydrogen-bond acceptors (Lipinski definition) is 4. The van der Waals surface area contributed by atoms with Gasteiger partial charge >= 0.3 is 0 Å². The quantitative estimate of drug-likeness (QED) is 0.641. The highest BCUT2D eigenvalue weighted by Crippen LogP contribution is 2.16. The third-order valence-corrected chi connectivity index (χ3v) is 2.41. The van der Waals surface area contributed by atoms with E-state index in [1.807, 2.05) is 0 Å². The second-order valence-corrected chi connectivity index (χ2v) is 3.55. The molecule has 1 fully saturated rings. The lowest BCUT2D eigenvalue weighted by Crippen LogP contribution is -2.31. The second-order valence-electron chi connectivity index (χ2n) is 2.51. The minimum absolute atomic E-state index is 0.000506. The van der Waals surface area contributed by atoms with E-state index in [-0.39, 0.29) is 24.2 Å².